The third-order valence-corrected chi connectivity index (χ3v) is 6.55. The number of rotatable bonds is 3. The van der Waals surface area contributed by atoms with E-state index in [1.807, 2.05) is 0 Å². The second kappa shape index (κ2) is 7.01. The maximum Gasteiger partial charge on any atom is 0.416 e. The Kier molecular flexibility index (Phi) is 4.75. The molecule has 154 valence electrons. The van der Waals surface area contributed by atoms with E-state index in [0.29, 0.717) is 12.1 Å². The minimum absolute atomic E-state index is 0.0193. The van der Waals surface area contributed by atoms with E-state index in [2.05, 4.69) is 10.2 Å². The van der Waals surface area contributed by atoms with Gasteiger partial charge in [0.15, 0.2) is 5.69 Å². The molecular weight excluding hydrogens is 409 g/mol. The van der Waals surface area contributed by atoms with Crippen molar-refractivity contribution in [1.29, 1.82) is 0 Å². The summed E-state index contributed by atoms with van der Waals surface area (Å²) in [6, 6.07) is 7.14. The maximum absolute atomic E-state index is 13.0. The summed E-state index contributed by atoms with van der Waals surface area (Å²) < 4.78 is 61.5. The molecule has 1 aliphatic heterocycles. The highest BCUT2D eigenvalue weighted by atomic mass is 32.3. The number of nitrogens with zero attached hydrogens (tertiary/aromatic N) is 4. The van der Waals surface area contributed by atoms with Gasteiger partial charge in [-0.15, -0.1) is 0 Å². The van der Waals surface area contributed by atoms with Crippen LogP contribution in [0.2, 0.25) is 0 Å². The van der Waals surface area contributed by atoms with Crippen LogP contribution >= 0.6 is 10.6 Å². The molecule has 1 unspecified atom stereocenters. The van der Waals surface area contributed by atoms with Gasteiger partial charge in [0.25, 0.3) is 0 Å². The van der Waals surface area contributed by atoms with E-state index in [-0.39, 0.29) is 28.9 Å². The van der Waals surface area contributed by atoms with Crippen molar-refractivity contribution in [3.8, 4) is 17.1 Å². The first kappa shape index (κ1) is 19.7. The molecule has 29 heavy (non-hydrogen) atoms. The second-order valence-electron chi connectivity index (χ2n) is 6.80. The molecule has 1 atom stereocenters. The minimum atomic E-state index is -4.50. The first-order valence-electron chi connectivity index (χ1n) is 8.69. The minimum Gasteiger partial charge on any atom is -0.299 e. The Morgan fingerprint density at radius 3 is 2.66 bits per heavy atom. The van der Waals surface area contributed by atoms with E-state index < -0.39 is 27.8 Å². The highest BCUT2D eigenvalue weighted by molar-refractivity contribution is 8.24. The molecule has 0 saturated carbocycles. The van der Waals surface area contributed by atoms with Crippen LogP contribution < -0.4 is 5.43 Å². The van der Waals surface area contributed by atoms with Crippen molar-refractivity contribution in [3.63, 3.8) is 0 Å². The number of hydrogen-bond donors (Lipinski definition) is 2. The molecular formula is C18H17F3N4O3S. The number of halogens is 3. The molecule has 0 radical (unpaired) electrons. The average molecular weight is 426 g/mol. The zero-order valence-electron chi connectivity index (χ0n) is 15.0. The summed E-state index contributed by atoms with van der Waals surface area (Å²) >= 11 is 0. The predicted molar refractivity (Wildman–Crippen MR) is 102 cm³/mol. The van der Waals surface area contributed by atoms with E-state index in [1.165, 1.54) is 40.0 Å². The summed E-state index contributed by atoms with van der Waals surface area (Å²) in [4.78, 5) is 12.4. The van der Waals surface area contributed by atoms with Gasteiger partial charge in [-0.25, -0.2) is 4.68 Å². The smallest absolute Gasteiger partial charge is 0.299 e. The molecule has 1 aliphatic rings. The zero-order valence-corrected chi connectivity index (χ0v) is 15.8. The molecule has 1 fully saturated rings. The Bertz CT molecular complexity index is 1110. The number of hydrogen-bond acceptors (Lipinski definition) is 5. The summed E-state index contributed by atoms with van der Waals surface area (Å²) in [7, 11) is -2.67. The molecule has 11 heteroatoms. The third kappa shape index (κ3) is 3.93. The van der Waals surface area contributed by atoms with E-state index in [4.69, 9.17) is 0 Å². The van der Waals surface area contributed by atoms with Crippen LogP contribution in [0.15, 0.2) is 53.6 Å². The molecule has 0 spiro atoms. The lowest BCUT2D eigenvalue weighted by molar-refractivity contribution is -0.137. The van der Waals surface area contributed by atoms with E-state index >= 15 is 0 Å². The van der Waals surface area contributed by atoms with Crippen molar-refractivity contribution in [2.24, 2.45) is 0 Å². The van der Waals surface area contributed by atoms with Gasteiger partial charge >= 0.3 is 6.18 Å². The summed E-state index contributed by atoms with van der Waals surface area (Å²) in [6.07, 6.45) is -1.23. The number of benzene rings is 1. The SMILES string of the molecule is O=c1ccn(-c2cccc(C(F)(F)F)c2)nc1-c1ccnn1C1CCS(O)(O)C1. The molecule has 3 heterocycles. The number of alkyl halides is 3. The van der Waals surface area contributed by atoms with Gasteiger partial charge in [-0.2, -0.15) is 34.0 Å². The lowest BCUT2D eigenvalue weighted by Crippen LogP contribution is -2.18. The van der Waals surface area contributed by atoms with Gasteiger partial charge in [0.05, 0.1) is 28.7 Å². The summed E-state index contributed by atoms with van der Waals surface area (Å²) in [5.41, 5.74) is -0.691. The summed E-state index contributed by atoms with van der Waals surface area (Å²) in [5, 5.41) is 8.44. The topological polar surface area (TPSA) is 93.2 Å². The number of aromatic nitrogens is 4. The fourth-order valence-electron chi connectivity index (χ4n) is 3.34. The van der Waals surface area contributed by atoms with Crippen LogP contribution in [-0.4, -0.2) is 40.2 Å². The van der Waals surface area contributed by atoms with Crippen LogP contribution in [0.3, 0.4) is 0 Å². The van der Waals surface area contributed by atoms with Crippen LogP contribution in [-0.2, 0) is 6.18 Å². The second-order valence-corrected chi connectivity index (χ2v) is 9.14. The Morgan fingerprint density at radius 2 is 1.97 bits per heavy atom. The fraction of sp³-hybridized carbons (Fsp3) is 0.278. The Morgan fingerprint density at radius 1 is 1.17 bits per heavy atom. The van der Waals surface area contributed by atoms with Gasteiger partial charge in [-0.3, -0.25) is 18.6 Å². The normalized spacial score (nSPS) is 20.0. The average Bonchev–Trinajstić information content (AvgIpc) is 3.27. The first-order valence-corrected chi connectivity index (χ1v) is 10.6. The van der Waals surface area contributed by atoms with Crippen molar-refractivity contribution in [2.45, 2.75) is 18.6 Å². The van der Waals surface area contributed by atoms with Crippen molar-refractivity contribution < 1.29 is 22.3 Å². The molecule has 1 saturated heterocycles. The van der Waals surface area contributed by atoms with Crippen LogP contribution in [0, 0.1) is 0 Å². The monoisotopic (exact) mass is 426 g/mol. The van der Waals surface area contributed by atoms with Crippen LogP contribution in [0.1, 0.15) is 18.0 Å². The molecule has 3 aromatic rings. The zero-order chi connectivity index (χ0) is 20.8. The van der Waals surface area contributed by atoms with E-state index in [9.17, 15) is 27.1 Å². The fourth-order valence-corrected chi connectivity index (χ4v) is 5.08. The van der Waals surface area contributed by atoms with Crippen molar-refractivity contribution >= 4 is 10.6 Å². The highest BCUT2D eigenvalue weighted by Crippen LogP contribution is 2.50. The van der Waals surface area contributed by atoms with Gasteiger partial charge in [0, 0.05) is 24.2 Å². The molecule has 1 aromatic carbocycles. The van der Waals surface area contributed by atoms with Crippen molar-refractivity contribution in [2.75, 3.05) is 11.5 Å². The lowest BCUT2D eigenvalue weighted by atomic mass is 10.2. The largest absolute Gasteiger partial charge is 0.416 e. The highest BCUT2D eigenvalue weighted by Gasteiger charge is 2.32. The first-order chi connectivity index (χ1) is 13.6. The molecule has 2 N–H and O–H groups in total. The van der Waals surface area contributed by atoms with Gasteiger partial charge in [-0.05, 0) is 30.7 Å². The molecule has 0 bridgehead atoms. The predicted octanol–water partition coefficient (Wildman–Crippen LogP) is 3.81. The van der Waals surface area contributed by atoms with E-state index in [0.717, 1.165) is 12.1 Å². The Hall–Kier alpha value is -2.63. The van der Waals surface area contributed by atoms with Gasteiger partial charge in [-0.1, -0.05) is 6.07 Å². The third-order valence-electron chi connectivity index (χ3n) is 4.74. The van der Waals surface area contributed by atoms with Crippen LogP contribution in [0.4, 0.5) is 13.2 Å². The maximum atomic E-state index is 13.0. The van der Waals surface area contributed by atoms with Crippen LogP contribution in [0.5, 0.6) is 0 Å². The summed E-state index contributed by atoms with van der Waals surface area (Å²) in [6.45, 7) is 0. The standard InChI is InChI=1S/C18H17F3N4O3S/c19-18(20,21)12-2-1-3-13(10-12)24-8-5-16(26)17(23-24)15-4-7-22-25(15)14-6-9-29(27,28)11-14/h1-5,7-8,10,14,27-28H,6,9,11H2. The van der Waals surface area contributed by atoms with Crippen LogP contribution in [0.25, 0.3) is 17.1 Å². The molecule has 7 nitrogen and oxygen atoms in total. The van der Waals surface area contributed by atoms with Gasteiger partial charge < -0.3 is 0 Å². The molecule has 0 amide bonds. The Balaban J connectivity index is 1.75. The summed E-state index contributed by atoms with van der Waals surface area (Å²) in [5.74, 6) is 0.393. The molecule has 4 rings (SSSR count). The molecule has 2 aromatic heterocycles. The van der Waals surface area contributed by atoms with Crippen molar-refractivity contribution in [3.05, 3.63) is 64.6 Å². The van der Waals surface area contributed by atoms with Crippen molar-refractivity contribution in [1.82, 2.24) is 19.6 Å². The van der Waals surface area contributed by atoms with Gasteiger partial charge in [0.1, 0.15) is 0 Å². The van der Waals surface area contributed by atoms with E-state index in [1.54, 1.807) is 6.07 Å². The molecule has 0 aliphatic carbocycles. The lowest BCUT2D eigenvalue weighted by Gasteiger charge is -2.26. The quantitative estimate of drug-likeness (QED) is 0.664. The Labute approximate surface area is 164 Å². The van der Waals surface area contributed by atoms with Gasteiger partial charge in [0.2, 0.25) is 5.43 Å².